The van der Waals surface area contributed by atoms with E-state index in [-0.39, 0.29) is 18.2 Å². The van der Waals surface area contributed by atoms with E-state index in [0.29, 0.717) is 18.4 Å². The van der Waals surface area contributed by atoms with Crippen LogP contribution in [0.25, 0.3) is 0 Å². The SMILES string of the molecule is Cc1ccc(CC(=O)Nc2cc(C(C)CC(=O)O)ccc2N(CC(C)C)C2CCCCC2)cc1. The third-order valence-electron chi connectivity index (χ3n) is 6.72. The highest BCUT2D eigenvalue weighted by Gasteiger charge is 2.25. The van der Waals surface area contributed by atoms with Gasteiger partial charge in [-0.1, -0.05) is 75.9 Å². The summed E-state index contributed by atoms with van der Waals surface area (Å²) in [7, 11) is 0. The van der Waals surface area contributed by atoms with Gasteiger partial charge in [-0.2, -0.15) is 0 Å². The molecule has 0 spiro atoms. The molecule has 0 radical (unpaired) electrons. The van der Waals surface area contributed by atoms with Gasteiger partial charge in [-0.15, -0.1) is 0 Å². The molecular formula is C29H40N2O3. The Morgan fingerprint density at radius 3 is 2.32 bits per heavy atom. The molecule has 184 valence electrons. The molecule has 1 aliphatic carbocycles. The number of hydrogen-bond donors (Lipinski definition) is 2. The van der Waals surface area contributed by atoms with Crippen molar-refractivity contribution in [1.29, 1.82) is 0 Å². The summed E-state index contributed by atoms with van der Waals surface area (Å²) in [6.45, 7) is 9.35. The quantitative estimate of drug-likeness (QED) is 0.418. The van der Waals surface area contributed by atoms with Crippen molar-refractivity contribution in [2.45, 2.75) is 84.6 Å². The number of anilines is 2. The summed E-state index contributed by atoms with van der Waals surface area (Å²) in [5.41, 5.74) is 4.92. The second-order valence-corrected chi connectivity index (χ2v) is 10.3. The molecule has 0 bridgehead atoms. The molecule has 2 aromatic rings. The number of carboxylic acids is 1. The zero-order valence-electron chi connectivity index (χ0n) is 21.1. The zero-order valence-corrected chi connectivity index (χ0v) is 21.1. The second-order valence-electron chi connectivity index (χ2n) is 10.3. The molecule has 1 amide bonds. The maximum Gasteiger partial charge on any atom is 0.303 e. The number of benzene rings is 2. The zero-order chi connectivity index (χ0) is 24.7. The first-order chi connectivity index (χ1) is 16.2. The lowest BCUT2D eigenvalue weighted by molar-refractivity contribution is -0.137. The summed E-state index contributed by atoms with van der Waals surface area (Å²) >= 11 is 0. The standard InChI is InChI=1S/C29H40N2O3/c1-20(2)19-31(25-8-6-5-7-9-25)27-15-14-24(22(4)16-29(33)34)18-26(27)30-28(32)17-23-12-10-21(3)11-13-23/h10-15,18,20,22,25H,5-9,16-17,19H2,1-4H3,(H,30,32)(H,33,34). The Morgan fingerprint density at radius 1 is 1.03 bits per heavy atom. The lowest BCUT2D eigenvalue weighted by Gasteiger charge is -2.38. The molecule has 2 aromatic carbocycles. The third kappa shape index (κ3) is 7.34. The van der Waals surface area contributed by atoms with E-state index in [1.165, 1.54) is 37.7 Å². The van der Waals surface area contributed by atoms with Crippen LogP contribution in [-0.2, 0) is 16.0 Å². The van der Waals surface area contributed by atoms with Crippen molar-refractivity contribution >= 4 is 23.3 Å². The Bertz CT molecular complexity index is 962. The fraction of sp³-hybridized carbons (Fsp3) is 0.517. The van der Waals surface area contributed by atoms with Gasteiger partial charge >= 0.3 is 5.97 Å². The van der Waals surface area contributed by atoms with E-state index in [1.54, 1.807) is 0 Å². The van der Waals surface area contributed by atoms with E-state index >= 15 is 0 Å². The van der Waals surface area contributed by atoms with Crippen LogP contribution in [0, 0.1) is 12.8 Å². The number of carboxylic acid groups (broad SMARTS) is 1. The van der Waals surface area contributed by atoms with Crippen molar-refractivity contribution in [1.82, 2.24) is 0 Å². The van der Waals surface area contributed by atoms with Crippen molar-refractivity contribution in [2.75, 3.05) is 16.8 Å². The molecule has 3 rings (SSSR count). The van der Waals surface area contributed by atoms with Crippen LogP contribution in [-0.4, -0.2) is 29.6 Å². The molecule has 2 N–H and O–H groups in total. The monoisotopic (exact) mass is 464 g/mol. The van der Waals surface area contributed by atoms with Crippen LogP contribution in [0.4, 0.5) is 11.4 Å². The maximum absolute atomic E-state index is 13.1. The highest BCUT2D eigenvalue weighted by Crippen LogP contribution is 2.36. The number of carbonyl (C=O) groups excluding carboxylic acids is 1. The van der Waals surface area contributed by atoms with Crippen LogP contribution in [0.15, 0.2) is 42.5 Å². The first-order valence-electron chi connectivity index (χ1n) is 12.7. The van der Waals surface area contributed by atoms with Crippen molar-refractivity contribution in [3.8, 4) is 0 Å². The topological polar surface area (TPSA) is 69.6 Å². The van der Waals surface area contributed by atoms with Gasteiger partial charge in [0.15, 0.2) is 0 Å². The normalized spacial score (nSPS) is 15.2. The average Bonchev–Trinajstić information content (AvgIpc) is 2.79. The molecule has 0 aliphatic heterocycles. The van der Waals surface area contributed by atoms with E-state index in [1.807, 2.05) is 50.2 Å². The second kappa shape index (κ2) is 12.0. The Morgan fingerprint density at radius 2 is 1.71 bits per heavy atom. The van der Waals surface area contributed by atoms with Gasteiger partial charge in [-0.3, -0.25) is 9.59 Å². The number of nitrogens with zero attached hydrogens (tertiary/aromatic N) is 1. The maximum atomic E-state index is 13.1. The summed E-state index contributed by atoms with van der Waals surface area (Å²) in [6.07, 6.45) is 6.47. The van der Waals surface area contributed by atoms with Gasteiger partial charge in [-0.05, 0) is 54.9 Å². The molecule has 1 fully saturated rings. The molecule has 1 unspecified atom stereocenters. The Hall–Kier alpha value is -2.82. The van der Waals surface area contributed by atoms with E-state index < -0.39 is 5.97 Å². The number of nitrogens with one attached hydrogen (secondary N) is 1. The number of aliphatic carboxylic acids is 1. The van der Waals surface area contributed by atoms with E-state index in [4.69, 9.17) is 0 Å². The average molecular weight is 465 g/mol. The van der Waals surface area contributed by atoms with E-state index in [2.05, 4.69) is 30.1 Å². The summed E-state index contributed by atoms with van der Waals surface area (Å²) < 4.78 is 0. The number of carbonyl (C=O) groups is 2. The Labute approximate surface area is 204 Å². The van der Waals surface area contributed by atoms with Gasteiger partial charge in [0.2, 0.25) is 5.91 Å². The predicted molar refractivity (Wildman–Crippen MR) is 140 cm³/mol. The van der Waals surface area contributed by atoms with Crippen LogP contribution >= 0.6 is 0 Å². The van der Waals surface area contributed by atoms with Gasteiger partial charge in [0.25, 0.3) is 0 Å². The molecule has 0 aromatic heterocycles. The molecule has 1 saturated carbocycles. The predicted octanol–water partition coefficient (Wildman–Crippen LogP) is 6.55. The number of hydrogen-bond acceptors (Lipinski definition) is 3. The molecule has 1 atom stereocenters. The smallest absolute Gasteiger partial charge is 0.303 e. The van der Waals surface area contributed by atoms with Crippen molar-refractivity contribution < 1.29 is 14.7 Å². The van der Waals surface area contributed by atoms with E-state index in [0.717, 1.165) is 29.0 Å². The van der Waals surface area contributed by atoms with Crippen molar-refractivity contribution in [2.24, 2.45) is 5.92 Å². The molecule has 0 heterocycles. The minimum absolute atomic E-state index is 0.0544. The summed E-state index contributed by atoms with van der Waals surface area (Å²) in [6, 6.07) is 14.6. The van der Waals surface area contributed by atoms with Crippen molar-refractivity contribution in [3.63, 3.8) is 0 Å². The lowest BCUT2D eigenvalue weighted by Crippen LogP contribution is -2.40. The van der Waals surface area contributed by atoms with Gasteiger partial charge in [0.05, 0.1) is 24.2 Å². The minimum Gasteiger partial charge on any atom is -0.481 e. The van der Waals surface area contributed by atoms with Gasteiger partial charge in [0.1, 0.15) is 0 Å². The summed E-state index contributed by atoms with van der Waals surface area (Å²) in [5, 5.41) is 12.5. The number of rotatable bonds is 10. The largest absolute Gasteiger partial charge is 0.481 e. The highest BCUT2D eigenvalue weighted by molar-refractivity contribution is 5.96. The Balaban J connectivity index is 1.93. The molecule has 5 heteroatoms. The first kappa shape index (κ1) is 25.8. The third-order valence-corrected chi connectivity index (χ3v) is 6.72. The van der Waals surface area contributed by atoms with Gasteiger partial charge in [0, 0.05) is 12.6 Å². The molecule has 0 saturated heterocycles. The minimum atomic E-state index is -0.815. The van der Waals surface area contributed by atoms with Crippen LogP contribution in [0.1, 0.15) is 81.9 Å². The fourth-order valence-electron chi connectivity index (χ4n) is 4.91. The van der Waals surface area contributed by atoms with Crippen LogP contribution in [0.3, 0.4) is 0 Å². The molecule has 5 nitrogen and oxygen atoms in total. The number of aryl methyl sites for hydroxylation is 1. The number of amides is 1. The van der Waals surface area contributed by atoms with E-state index in [9.17, 15) is 14.7 Å². The van der Waals surface area contributed by atoms with Gasteiger partial charge < -0.3 is 15.3 Å². The first-order valence-corrected chi connectivity index (χ1v) is 12.7. The molecule has 34 heavy (non-hydrogen) atoms. The summed E-state index contributed by atoms with van der Waals surface area (Å²) in [5.74, 6) is -0.511. The lowest BCUT2D eigenvalue weighted by atomic mass is 9.92. The van der Waals surface area contributed by atoms with Crippen LogP contribution < -0.4 is 10.2 Å². The van der Waals surface area contributed by atoms with Gasteiger partial charge in [-0.25, -0.2) is 0 Å². The van der Waals surface area contributed by atoms with Crippen molar-refractivity contribution in [3.05, 3.63) is 59.2 Å². The molecule has 1 aliphatic rings. The fourth-order valence-corrected chi connectivity index (χ4v) is 4.91. The van der Waals surface area contributed by atoms with Crippen LogP contribution in [0.2, 0.25) is 0 Å². The highest BCUT2D eigenvalue weighted by atomic mass is 16.4. The Kier molecular flexibility index (Phi) is 9.14. The summed E-state index contributed by atoms with van der Waals surface area (Å²) in [4.78, 5) is 26.9. The molecular weight excluding hydrogens is 424 g/mol. The van der Waals surface area contributed by atoms with Crippen LogP contribution in [0.5, 0.6) is 0 Å².